The van der Waals surface area contributed by atoms with Crippen molar-refractivity contribution in [1.82, 2.24) is 15.1 Å². The Kier molecular flexibility index (Phi) is 6.00. The molecule has 184 valence electrons. The van der Waals surface area contributed by atoms with Crippen molar-refractivity contribution in [2.75, 3.05) is 12.0 Å². The molecule has 2 heterocycles. The zero-order chi connectivity index (χ0) is 25.4. The van der Waals surface area contributed by atoms with E-state index in [0.717, 1.165) is 22.2 Å². The fourth-order valence-electron chi connectivity index (χ4n) is 4.85. The third kappa shape index (κ3) is 4.33. The molecule has 7 heteroatoms. The predicted octanol–water partition coefficient (Wildman–Crippen LogP) is 4.77. The van der Waals surface area contributed by atoms with Crippen LogP contribution in [0.15, 0.2) is 78.9 Å². The fraction of sp³-hybridized carbons (Fsp3) is 0.276. The van der Waals surface area contributed by atoms with E-state index in [2.05, 4.69) is 5.32 Å². The molecule has 0 saturated heterocycles. The second-order valence-electron chi connectivity index (χ2n) is 10.1. The Morgan fingerprint density at radius 2 is 1.64 bits per heavy atom. The van der Waals surface area contributed by atoms with Gasteiger partial charge in [-0.3, -0.25) is 19.2 Å². The molecule has 2 amide bonds. The van der Waals surface area contributed by atoms with Crippen LogP contribution in [0.25, 0.3) is 10.9 Å². The highest BCUT2D eigenvalue weighted by molar-refractivity contribution is 6.16. The molecular weight excluding hydrogens is 452 g/mol. The first kappa shape index (κ1) is 23.6. The number of ether oxygens (including phenoxy) is 1. The second kappa shape index (κ2) is 9.15. The lowest BCUT2D eigenvalue weighted by Gasteiger charge is -2.41. The summed E-state index contributed by atoms with van der Waals surface area (Å²) in [5, 5.41) is 8.73. The number of benzene rings is 3. The second-order valence-corrected chi connectivity index (χ2v) is 10.1. The zero-order valence-corrected chi connectivity index (χ0v) is 20.9. The van der Waals surface area contributed by atoms with Crippen LogP contribution in [-0.4, -0.2) is 40.3 Å². The third-order valence-electron chi connectivity index (χ3n) is 6.39. The van der Waals surface area contributed by atoms with Gasteiger partial charge in [0.15, 0.2) is 0 Å². The highest BCUT2D eigenvalue weighted by Gasteiger charge is 2.46. The van der Waals surface area contributed by atoms with Gasteiger partial charge in [0.25, 0.3) is 5.91 Å². The summed E-state index contributed by atoms with van der Waals surface area (Å²) in [6, 6.07) is 23.6. The summed E-state index contributed by atoms with van der Waals surface area (Å²) in [6.45, 7) is 5.82. The minimum absolute atomic E-state index is 0.219. The van der Waals surface area contributed by atoms with Crippen LogP contribution in [0.1, 0.15) is 42.9 Å². The molecule has 0 aliphatic carbocycles. The molecule has 1 aliphatic heterocycles. The number of rotatable bonds is 5. The summed E-state index contributed by atoms with van der Waals surface area (Å²) < 4.78 is 7.09. The molecule has 0 spiro atoms. The van der Waals surface area contributed by atoms with E-state index < -0.39 is 17.6 Å². The molecule has 0 radical (unpaired) electrons. The van der Waals surface area contributed by atoms with Gasteiger partial charge in [0.2, 0.25) is 5.91 Å². The number of nitrogens with zero attached hydrogens (tertiary/aromatic N) is 3. The molecule has 5 rings (SSSR count). The Hall–Kier alpha value is -4.13. The van der Waals surface area contributed by atoms with Gasteiger partial charge in [0.05, 0.1) is 18.7 Å². The molecule has 1 aromatic heterocycles. The summed E-state index contributed by atoms with van der Waals surface area (Å²) in [7, 11) is 1.63. The molecule has 36 heavy (non-hydrogen) atoms. The average Bonchev–Trinajstić information content (AvgIpc) is 3.25. The SMILES string of the molecule is COc1ccc(CC2C(C(=O)NC(C)(C)C)N(c3ccccc3)C(=O)c3c4ccccc4nn32)cc1. The van der Waals surface area contributed by atoms with E-state index in [4.69, 9.17) is 9.84 Å². The van der Waals surface area contributed by atoms with Gasteiger partial charge in [-0.05, 0) is 63.1 Å². The average molecular weight is 483 g/mol. The van der Waals surface area contributed by atoms with Crippen LogP contribution in [0.3, 0.4) is 0 Å². The topological polar surface area (TPSA) is 76.5 Å². The number of nitrogens with one attached hydrogen (secondary N) is 1. The lowest BCUT2D eigenvalue weighted by atomic mass is 9.92. The van der Waals surface area contributed by atoms with Crippen molar-refractivity contribution in [1.29, 1.82) is 0 Å². The van der Waals surface area contributed by atoms with Crippen molar-refractivity contribution < 1.29 is 14.3 Å². The number of aromatic nitrogens is 2. The molecule has 4 aromatic rings. The summed E-state index contributed by atoms with van der Waals surface area (Å²) >= 11 is 0. The fourth-order valence-corrected chi connectivity index (χ4v) is 4.85. The van der Waals surface area contributed by atoms with Gasteiger partial charge >= 0.3 is 0 Å². The summed E-state index contributed by atoms with van der Waals surface area (Å²) in [6.07, 6.45) is 0.504. The van der Waals surface area contributed by atoms with E-state index in [1.807, 2.05) is 99.6 Å². The predicted molar refractivity (Wildman–Crippen MR) is 140 cm³/mol. The molecule has 2 atom stereocenters. The van der Waals surface area contributed by atoms with E-state index >= 15 is 0 Å². The number of carbonyl (C=O) groups is 2. The first-order chi connectivity index (χ1) is 17.3. The molecule has 1 aliphatic rings. The minimum Gasteiger partial charge on any atom is -0.497 e. The third-order valence-corrected chi connectivity index (χ3v) is 6.39. The highest BCUT2D eigenvalue weighted by atomic mass is 16.5. The van der Waals surface area contributed by atoms with Crippen LogP contribution in [-0.2, 0) is 11.2 Å². The van der Waals surface area contributed by atoms with Gasteiger partial charge in [-0.1, -0.05) is 48.5 Å². The van der Waals surface area contributed by atoms with Crippen LogP contribution >= 0.6 is 0 Å². The first-order valence-electron chi connectivity index (χ1n) is 12.1. The molecule has 0 fully saturated rings. The van der Waals surface area contributed by atoms with E-state index in [0.29, 0.717) is 17.8 Å². The lowest BCUT2D eigenvalue weighted by Crippen LogP contribution is -2.60. The van der Waals surface area contributed by atoms with Gasteiger partial charge in [0.1, 0.15) is 17.5 Å². The van der Waals surface area contributed by atoms with Crippen molar-refractivity contribution in [2.45, 2.75) is 44.8 Å². The molecule has 7 nitrogen and oxygen atoms in total. The van der Waals surface area contributed by atoms with Gasteiger partial charge < -0.3 is 10.1 Å². The maximum Gasteiger partial charge on any atom is 0.278 e. The zero-order valence-electron chi connectivity index (χ0n) is 20.9. The Morgan fingerprint density at radius 3 is 2.31 bits per heavy atom. The van der Waals surface area contributed by atoms with Gasteiger partial charge in [0, 0.05) is 16.6 Å². The monoisotopic (exact) mass is 482 g/mol. The molecule has 0 bridgehead atoms. The summed E-state index contributed by atoms with van der Waals surface area (Å²) in [5.41, 5.74) is 2.44. The highest BCUT2D eigenvalue weighted by Crippen LogP contribution is 2.37. The van der Waals surface area contributed by atoms with Crippen molar-refractivity contribution in [3.8, 4) is 5.75 Å². The largest absolute Gasteiger partial charge is 0.497 e. The van der Waals surface area contributed by atoms with Crippen molar-refractivity contribution in [3.63, 3.8) is 0 Å². The van der Waals surface area contributed by atoms with Crippen LogP contribution in [0.4, 0.5) is 5.69 Å². The maximum absolute atomic E-state index is 14.1. The normalized spacial score (nSPS) is 17.7. The van der Waals surface area contributed by atoms with E-state index in [1.54, 1.807) is 16.7 Å². The molecular formula is C29H30N4O3. The van der Waals surface area contributed by atoms with Crippen molar-refractivity contribution >= 4 is 28.4 Å². The van der Waals surface area contributed by atoms with Crippen molar-refractivity contribution in [3.05, 3.63) is 90.1 Å². The van der Waals surface area contributed by atoms with E-state index in [-0.39, 0.29) is 11.8 Å². The standard InChI is InChI=1S/C29H30N4O3/c1-29(2,3)30-27(34)26-24(18-19-14-16-21(36-4)17-15-19)33-25(22-12-8-9-13-23(22)31-33)28(35)32(26)20-10-6-5-7-11-20/h5-17,24,26H,18H2,1-4H3,(H,30,34). The summed E-state index contributed by atoms with van der Waals surface area (Å²) in [4.78, 5) is 29.7. The van der Waals surface area contributed by atoms with Crippen LogP contribution < -0.4 is 15.0 Å². The van der Waals surface area contributed by atoms with Crippen molar-refractivity contribution in [2.24, 2.45) is 0 Å². The number of carbonyl (C=O) groups excluding carboxylic acids is 2. The van der Waals surface area contributed by atoms with E-state index in [9.17, 15) is 9.59 Å². The number of hydrogen-bond donors (Lipinski definition) is 1. The van der Waals surface area contributed by atoms with Crippen LogP contribution in [0, 0.1) is 0 Å². The smallest absolute Gasteiger partial charge is 0.278 e. The summed E-state index contributed by atoms with van der Waals surface area (Å²) in [5.74, 6) is 0.300. The van der Waals surface area contributed by atoms with Gasteiger partial charge in [-0.2, -0.15) is 5.10 Å². The van der Waals surface area contributed by atoms with Gasteiger partial charge in [-0.15, -0.1) is 0 Å². The number of amides is 2. The number of anilines is 1. The maximum atomic E-state index is 14.1. The molecule has 2 unspecified atom stereocenters. The Morgan fingerprint density at radius 1 is 0.972 bits per heavy atom. The Balaban J connectivity index is 1.71. The number of fused-ring (bicyclic) bond motifs is 3. The van der Waals surface area contributed by atoms with Gasteiger partial charge in [-0.25, -0.2) is 0 Å². The first-order valence-corrected chi connectivity index (χ1v) is 12.1. The Labute approximate surface area is 210 Å². The molecule has 1 N–H and O–H groups in total. The quantitative estimate of drug-likeness (QED) is 0.445. The molecule has 0 saturated carbocycles. The van der Waals surface area contributed by atoms with Crippen LogP contribution in [0.5, 0.6) is 5.75 Å². The molecule has 3 aromatic carbocycles. The number of methoxy groups -OCH3 is 1. The number of hydrogen-bond acceptors (Lipinski definition) is 4. The Bertz CT molecular complexity index is 1400. The number of para-hydroxylation sites is 1. The lowest BCUT2D eigenvalue weighted by molar-refractivity contribution is -0.125. The minimum atomic E-state index is -0.803. The van der Waals surface area contributed by atoms with E-state index in [1.165, 1.54) is 0 Å². The van der Waals surface area contributed by atoms with Crippen LogP contribution in [0.2, 0.25) is 0 Å².